The Balaban J connectivity index is 1.52. The number of hydrogen-bond acceptors (Lipinski definition) is 6. The molecule has 2 fully saturated rings. The van der Waals surface area contributed by atoms with E-state index in [9.17, 15) is 24.7 Å². The minimum absolute atomic E-state index is 0.0564. The number of aromatic nitrogens is 1. The van der Waals surface area contributed by atoms with Crippen LogP contribution in [0, 0.1) is 5.21 Å². The highest BCUT2D eigenvalue weighted by Gasteiger charge is 2.45. The number of nitrogens with zero attached hydrogens (tertiary/aromatic N) is 3. The number of carbonyl (C=O) groups excluding carboxylic acids is 2. The zero-order chi connectivity index (χ0) is 28.1. The van der Waals surface area contributed by atoms with E-state index in [1.165, 1.54) is 22.6 Å². The number of fused-ring (bicyclic) bond motifs is 1. The fourth-order valence-electron chi connectivity index (χ4n) is 5.54. The molecular weight excluding hydrogens is 545 g/mol. The van der Waals surface area contributed by atoms with Crippen LogP contribution < -0.4 is 15.8 Å². The van der Waals surface area contributed by atoms with Crippen LogP contribution in [0.3, 0.4) is 0 Å². The van der Waals surface area contributed by atoms with Crippen molar-refractivity contribution in [2.75, 3.05) is 13.1 Å². The van der Waals surface area contributed by atoms with Crippen LogP contribution in [0.4, 0.5) is 0 Å². The van der Waals surface area contributed by atoms with Gasteiger partial charge < -0.3 is 26.3 Å². The number of hydrogen-bond donors (Lipinski definition) is 3. The van der Waals surface area contributed by atoms with Crippen molar-refractivity contribution in [2.24, 2.45) is 5.73 Å². The molecule has 1 unspecified atom stereocenters. The maximum absolute atomic E-state index is 13.8. The van der Waals surface area contributed by atoms with E-state index in [0.717, 1.165) is 12.8 Å². The van der Waals surface area contributed by atoms with Crippen LogP contribution >= 0.6 is 23.2 Å². The minimum Gasteiger partial charge on any atom is -0.617 e. The van der Waals surface area contributed by atoms with Crippen LogP contribution in [-0.4, -0.2) is 69.9 Å². The first-order valence-corrected chi connectivity index (χ1v) is 13.8. The first-order valence-electron chi connectivity index (χ1n) is 13.1. The lowest BCUT2D eigenvalue weighted by atomic mass is 10.0. The molecule has 3 heterocycles. The summed E-state index contributed by atoms with van der Waals surface area (Å²) in [6.45, 7) is 0.744. The van der Waals surface area contributed by atoms with Gasteiger partial charge in [-0.15, -0.1) is 0 Å². The number of aryl methyl sites for hydroxylation is 1. The monoisotopic (exact) mass is 577 g/mol. The Bertz CT molecular complexity index is 1200. The van der Waals surface area contributed by atoms with Gasteiger partial charge in [-0.2, -0.15) is 4.73 Å². The third kappa shape index (κ3) is 7.00. The topological polar surface area (TPSA) is 143 Å². The first kappa shape index (κ1) is 29.1. The van der Waals surface area contributed by atoms with Gasteiger partial charge in [0.05, 0.1) is 6.04 Å². The smallest absolute Gasteiger partial charge is 0.305 e. The highest BCUT2D eigenvalue weighted by atomic mass is 35.5. The van der Waals surface area contributed by atoms with Gasteiger partial charge in [0.2, 0.25) is 17.5 Å². The van der Waals surface area contributed by atoms with Crippen LogP contribution in [0.5, 0.6) is 0 Å². The largest absolute Gasteiger partial charge is 0.617 e. The van der Waals surface area contributed by atoms with E-state index in [1.54, 1.807) is 0 Å². The molecule has 39 heavy (non-hydrogen) atoms. The normalized spacial score (nSPS) is 22.3. The average Bonchev–Trinajstić information content (AvgIpc) is 3.26. The molecule has 10 nitrogen and oxygen atoms in total. The molecule has 2 saturated heterocycles. The molecule has 1 aromatic heterocycles. The van der Waals surface area contributed by atoms with Gasteiger partial charge >= 0.3 is 11.1 Å². The molecule has 210 valence electrons. The number of aliphatic carboxylic acids is 1. The molecule has 2 aliphatic heterocycles. The number of halogens is 2. The molecule has 2 aromatic rings. The van der Waals surface area contributed by atoms with Gasteiger partial charge in [0.15, 0.2) is 0 Å². The van der Waals surface area contributed by atoms with E-state index in [0.29, 0.717) is 30.7 Å². The Labute approximate surface area is 237 Å². The molecule has 2 aliphatic rings. The molecule has 12 heteroatoms. The van der Waals surface area contributed by atoms with Crippen molar-refractivity contribution in [1.29, 1.82) is 0 Å². The number of carbonyl (C=O) groups is 3. The molecule has 0 saturated carbocycles. The summed E-state index contributed by atoms with van der Waals surface area (Å²) in [7, 11) is 0. The predicted molar refractivity (Wildman–Crippen MR) is 146 cm³/mol. The SMILES string of the molecule is N[C@@H]1C[C@H]2C(=O)N([C@H](CCC(=O)O)C(=O)NCc3ccc(Cl)c(Cl)[n+]3[O-])CCC(CCc3ccccc3)N2C1. The lowest BCUT2D eigenvalue weighted by Crippen LogP contribution is -2.53. The van der Waals surface area contributed by atoms with Crippen molar-refractivity contribution in [3.05, 3.63) is 69.1 Å². The standard InChI is InChI=1S/C27H33Cl2N5O5/c28-21-9-8-20(34(39)25(21)29)15-31-26(37)22(10-11-24(35)36)32-13-12-19(7-6-17-4-2-1-3-5-17)33-16-18(30)14-23(33)27(32)38/h1-5,8-9,18-19,22-23H,6-7,10-16,30H2,(H,31,37)(H,35,36)/t18-,19?,22-,23+/m1/s1. The summed E-state index contributed by atoms with van der Waals surface area (Å²) in [5, 5.41) is 24.2. The number of nitrogens with one attached hydrogen (secondary N) is 1. The van der Waals surface area contributed by atoms with Crippen LogP contribution in [-0.2, 0) is 27.3 Å². The summed E-state index contributed by atoms with van der Waals surface area (Å²) in [5.74, 6) is -1.82. The summed E-state index contributed by atoms with van der Waals surface area (Å²) in [4.78, 5) is 42.3. The van der Waals surface area contributed by atoms with E-state index < -0.39 is 24.0 Å². The maximum Gasteiger partial charge on any atom is 0.305 e. The van der Waals surface area contributed by atoms with Crippen molar-refractivity contribution in [3.63, 3.8) is 0 Å². The summed E-state index contributed by atoms with van der Waals surface area (Å²) < 4.78 is 0.419. The van der Waals surface area contributed by atoms with Crippen molar-refractivity contribution in [2.45, 2.75) is 69.2 Å². The van der Waals surface area contributed by atoms with Gasteiger partial charge in [0, 0.05) is 37.7 Å². The van der Waals surface area contributed by atoms with Gasteiger partial charge in [-0.05, 0) is 55.3 Å². The second kappa shape index (κ2) is 13.0. The Morgan fingerprint density at radius 2 is 1.95 bits per heavy atom. The summed E-state index contributed by atoms with van der Waals surface area (Å²) in [5.41, 5.74) is 7.65. The van der Waals surface area contributed by atoms with E-state index >= 15 is 0 Å². The first-order chi connectivity index (χ1) is 18.7. The highest BCUT2D eigenvalue weighted by Crippen LogP contribution is 2.30. The number of amides is 2. The Kier molecular flexibility index (Phi) is 9.66. The minimum atomic E-state index is -1.07. The Hall–Kier alpha value is -2.92. The number of carboxylic acids is 1. The molecule has 4 atom stereocenters. The van der Waals surface area contributed by atoms with Gasteiger partial charge in [0.1, 0.15) is 17.6 Å². The summed E-state index contributed by atoms with van der Waals surface area (Å²) in [6.07, 6.45) is 2.44. The second-order valence-electron chi connectivity index (χ2n) is 10.1. The molecule has 0 spiro atoms. The van der Waals surface area contributed by atoms with Gasteiger partial charge in [0.25, 0.3) is 0 Å². The highest BCUT2D eigenvalue weighted by molar-refractivity contribution is 6.40. The number of pyridine rings is 1. The third-order valence-electron chi connectivity index (χ3n) is 7.53. The zero-order valence-electron chi connectivity index (χ0n) is 21.5. The van der Waals surface area contributed by atoms with Crippen molar-refractivity contribution >= 4 is 41.0 Å². The van der Waals surface area contributed by atoms with Gasteiger partial charge in [-0.1, -0.05) is 41.9 Å². The van der Waals surface area contributed by atoms with E-state index in [2.05, 4.69) is 22.3 Å². The van der Waals surface area contributed by atoms with E-state index in [1.807, 2.05) is 18.2 Å². The average molecular weight is 578 g/mol. The van der Waals surface area contributed by atoms with Crippen LogP contribution in [0.25, 0.3) is 0 Å². The Morgan fingerprint density at radius 3 is 2.67 bits per heavy atom. The number of benzene rings is 1. The van der Waals surface area contributed by atoms with Crippen LogP contribution in [0.2, 0.25) is 10.2 Å². The summed E-state index contributed by atoms with van der Waals surface area (Å²) in [6, 6.07) is 11.5. The fraction of sp³-hybridized carbons (Fsp3) is 0.481. The predicted octanol–water partition coefficient (Wildman–Crippen LogP) is 2.11. The van der Waals surface area contributed by atoms with E-state index in [4.69, 9.17) is 28.9 Å². The molecule has 4 rings (SSSR count). The van der Waals surface area contributed by atoms with Gasteiger partial charge in [-0.3, -0.25) is 19.3 Å². The number of rotatable bonds is 10. The third-order valence-corrected chi connectivity index (χ3v) is 8.29. The van der Waals surface area contributed by atoms with Crippen molar-refractivity contribution in [1.82, 2.24) is 15.1 Å². The van der Waals surface area contributed by atoms with Crippen molar-refractivity contribution < 1.29 is 24.2 Å². The second-order valence-corrected chi connectivity index (χ2v) is 10.9. The molecule has 2 amide bonds. The fourth-order valence-corrected chi connectivity index (χ4v) is 5.85. The molecule has 4 N–H and O–H groups in total. The molecular formula is C27H33Cl2N5O5. The van der Waals surface area contributed by atoms with Crippen molar-refractivity contribution in [3.8, 4) is 0 Å². The van der Waals surface area contributed by atoms with E-state index in [-0.39, 0.29) is 53.2 Å². The lowest BCUT2D eigenvalue weighted by Gasteiger charge is -2.32. The molecule has 0 radical (unpaired) electrons. The Morgan fingerprint density at radius 1 is 1.21 bits per heavy atom. The number of nitrogens with two attached hydrogens (primary N) is 1. The van der Waals surface area contributed by atoms with Crippen LogP contribution in [0.15, 0.2) is 42.5 Å². The van der Waals surface area contributed by atoms with Crippen LogP contribution in [0.1, 0.15) is 43.4 Å². The summed E-state index contributed by atoms with van der Waals surface area (Å²) >= 11 is 11.8. The molecule has 0 aliphatic carbocycles. The quantitative estimate of drug-likeness (QED) is 0.223. The van der Waals surface area contributed by atoms with Gasteiger partial charge in [-0.25, -0.2) is 0 Å². The lowest BCUT2D eigenvalue weighted by molar-refractivity contribution is -0.611. The number of carboxylic acid groups (broad SMARTS) is 1. The molecule has 0 bridgehead atoms. The maximum atomic E-state index is 13.8. The molecule has 1 aromatic carbocycles. The zero-order valence-corrected chi connectivity index (χ0v) is 23.0.